The summed E-state index contributed by atoms with van der Waals surface area (Å²) < 4.78 is 15.9. The van der Waals surface area contributed by atoms with Gasteiger partial charge in [-0.05, 0) is 59.9 Å². The number of rotatable bonds is 9. The number of carbonyl (C=O) groups is 3. The van der Waals surface area contributed by atoms with E-state index in [1.165, 1.54) is 0 Å². The summed E-state index contributed by atoms with van der Waals surface area (Å²) in [7, 11) is 0. The molecule has 0 amide bonds. The van der Waals surface area contributed by atoms with E-state index in [1.807, 2.05) is 30.3 Å². The molecule has 0 aliphatic carbocycles. The molecule has 174 valence electrons. The van der Waals surface area contributed by atoms with Crippen LogP contribution < -0.4 is 11.5 Å². The minimum Gasteiger partial charge on any atom is -0.460 e. The lowest BCUT2D eigenvalue weighted by molar-refractivity contribution is -0.169. The van der Waals surface area contributed by atoms with Crippen molar-refractivity contribution >= 4 is 17.9 Å². The Morgan fingerprint density at radius 3 is 2.00 bits per heavy atom. The number of benzene rings is 1. The van der Waals surface area contributed by atoms with Crippen molar-refractivity contribution in [1.29, 1.82) is 0 Å². The Kier molecular flexibility index (Phi) is 9.20. The predicted molar refractivity (Wildman–Crippen MR) is 117 cm³/mol. The SMILES string of the molecule is CC(C)(C)OC(=O)CC(N)(CCC(N)C(=O)OCc1ccccc1)C(=O)OC(C)(C)C. The van der Waals surface area contributed by atoms with Gasteiger partial charge < -0.3 is 25.7 Å². The van der Waals surface area contributed by atoms with Gasteiger partial charge in [0.05, 0.1) is 6.42 Å². The number of ether oxygens (including phenoxy) is 3. The molecule has 0 radical (unpaired) electrons. The van der Waals surface area contributed by atoms with Crippen molar-refractivity contribution in [3.05, 3.63) is 35.9 Å². The molecule has 2 atom stereocenters. The topological polar surface area (TPSA) is 131 Å². The van der Waals surface area contributed by atoms with Crippen molar-refractivity contribution < 1.29 is 28.6 Å². The van der Waals surface area contributed by atoms with Crippen LogP contribution in [0.25, 0.3) is 0 Å². The highest BCUT2D eigenvalue weighted by molar-refractivity contribution is 5.87. The Hall–Kier alpha value is -2.45. The van der Waals surface area contributed by atoms with E-state index in [1.54, 1.807) is 41.5 Å². The monoisotopic (exact) mass is 436 g/mol. The van der Waals surface area contributed by atoms with E-state index in [9.17, 15) is 14.4 Å². The first-order valence-electron chi connectivity index (χ1n) is 10.3. The van der Waals surface area contributed by atoms with Crippen LogP contribution in [0.4, 0.5) is 0 Å². The van der Waals surface area contributed by atoms with Gasteiger partial charge in [-0.3, -0.25) is 14.4 Å². The third kappa shape index (κ3) is 10.4. The van der Waals surface area contributed by atoms with Gasteiger partial charge in [0.25, 0.3) is 0 Å². The van der Waals surface area contributed by atoms with Gasteiger partial charge in [0, 0.05) is 0 Å². The molecule has 0 bridgehead atoms. The lowest BCUT2D eigenvalue weighted by Crippen LogP contribution is -2.54. The van der Waals surface area contributed by atoms with Gasteiger partial charge in [-0.25, -0.2) is 0 Å². The molecule has 1 aromatic carbocycles. The summed E-state index contributed by atoms with van der Waals surface area (Å²) in [6, 6.07) is 8.18. The average Bonchev–Trinajstić information content (AvgIpc) is 2.62. The summed E-state index contributed by atoms with van der Waals surface area (Å²) in [5.41, 5.74) is 9.86. The zero-order valence-corrected chi connectivity index (χ0v) is 19.4. The lowest BCUT2D eigenvalue weighted by atomic mass is 9.88. The van der Waals surface area contributed by atoms with Gasteiger partial charge in [0.15, 0.2) is 0 Å². The average molecular weight is 437 g/mol. The second-order valence-corrected chi connectivity index (χ2v) is 9.66. The third-order valence-corrected chi connectivity index (χ3v) is 4.11. The Morgan fingerprint density at radius 1 is 0.935 bits per heavy atom. The van der Waals surface area contributed by atoms with Crippen molar-refractivity contribution in [3.8, 4) is 0 Å². The van der Waals surface area contributed by atoms with Crippen molar-refractivity contribution in [3.63, 3.8) is 0 Å². The molecule has 0 heterocycles. The summed E-state index contributed by atoms with van der Waals surface area (Å²) in [6.45, 7) is 10.3. The van der Waals surface area contributed by atoms with E-state index in [0.29, 0.717) is 0 Å². The van der Waals surface area contributed by atoms with E-state index < -0.39 is 47.1 Å². The van der Waals surface area contributed by atoms with Crippen molar-refractivity contribution in [2.24, 2.45) is 11.5 Å². The Balaban J connectivity index is 2.79. The largest absolute Gasteiger partial charge is 0.460 e. The van der Waals surface area contributed by atoms with Crippen LogP contribution in [0, 0.1) is 0 Å². The number of carbonyl (C=O) groups excluding carboxylic acids is 3. The van der Waals surface area contributed by atoms with Gasteiger partial charge in [0.1, 0.15) is 29.4 Å². The maximum absolute atomic E-state index is 12.8. The molecule has 2 unspecified atom stereocenters. The second kappa shape index (κ2) is 10.7. The fraction of sp³-hybridized carbons (Fsp3) is 0.609. The highest BCUT2D eigenvalue weighted by atomic mass is 16.6. The predicted octanol–water partition coefficient (Wildman–Crippen LogP) is 2.61. The first-order chi connectivity index (χ1) is 14.1. The molecule has 31 heavy (non-hydrogen) atoms. The fourth-order valence-corrected chi connectivity index (χ4v) is 2.64. The second-order valence-electron chi connectivity index (χ2n) is 9.66. The molecule has 8 heteroatoms. The van der Waals surface area contributed by atoms with Gasteiger partial charge >= 0.3 is 17.9 Å². The number of nitrogens with two attached hydrogens (primary N) is 2. The zero-order valence-electron chi connectivity index (χ0n) is 19.4. The summed E-state index contributed by atoms with van der Waals surface area (Å²) in [4.78, 5) is 37.4. The van der Waals surface area contributed by atoms with Gasteiger partial charge in [0.2, 0.25) is 0 Å². The summed E-state index contributed by atoms with van der Waals surface area (Å²) in [6.07, 6.45) is -0.417. The molecule has 0 aliphatic rings. The van der Waals surface area contributed by atoms with Crippen LogP contribution in [-0.4, -0.2) is 40.7 Å². The molecular formula is C23H36N2O6. The van der Waals surface area contributed by atoms with Crippen LogP contribution in [-0.2, 0) is 35.2 Å². The first kappa shape index (κ1) is 26.6. The molecule has 1 rings (SSSR count). The summed E-state index contributed by atoms with van der Waals surface area (Å²) >= 11 is 0. The number of hydrogen-bond donors (Lipinski definition) is 2. The van der Waals surface area contributed by atoms with Gasteiger partial charge in [-0.1, -0.05) is 30.3 Å². The molecule has 0 aromatic heterocycles. The quantitative estimate of drug-likeness (QED) is 0.446. The first-order valence-corrected chi connectivity index (χ1v) is 10.3. The zero-order chi connectivity index (χ0) is 23.9. The molecule has 0 spiro atoms. The summed E-state index contributed by atoms with van der Waals surface area (Å²) in [5.74, 6) is -2.01. The van der Waals surface area contributed by atoms with Crippen LogP contribution in [0.2, 0.25) is 0 Å². The molecule has 4 N–H and O–H groups in total. The maximum Gasteiger partial charge on any atom is 0.327 e. The molecule has 0 saturated carbocycles. The molecule has 8 nitrogen and oxygen atoms in total. The Morgan fingerprint density at radius 2 is 1.48 bits per heavy atom. The molecule has 1 aromatic rings. The van der Waals surface area contributed by atoms with Crippen LogP contribution in [0.3, 0.4) is 0 Å². The van der Waals surface area contributed by atoms with Crippen molar-refractivity contribution in [2.75, 3.05) is 0 Å². The standard InChI is InChI=1S/C23H36N2O6/c1-21(2,3)30-18(26)14-23(25,20(28)31-22(4,5)6)13-12-17(24)19(27)29-15-16-10-8-7-9-11-16/h7-11,17H,12-15,24-25H2,1-6H3. The molecular weight excluding hydrogens is 400 g/mol. The van der Waals surface area contributed by atoms with Crippen molar-refractivity contribution in [2.45, 2.75) is 90.2 Å². The van der Waals surface area contributed by atoms with Crippen LogP contribution >= 0.6 is 0 Å². The lowest BCUT2D eigenvalue weighted by Gasteiger charge is -2.32. The highest BCUT2D eigenvalue weighted by Crippen LogP contribution is 2.23. The number of esters is 3. The van der Waals surface area contributed by atoms with Gasteiger partial charge in [-0.2, -0.15) is 0 Å². The number of hydrogen-bond acceptors (Lipinski definition) is 8. The Bertz CT molecular complexity index is 752. The fourth-order valence-electron chi connectivity index (χ4n) is 2.64. The van der Waals surface area contributed by atoms with E-state index in [0.717, 1.165) is 5.56 Å². The minimum atomic E-state index is -1.69. The normalized spacial score (nSPS) is 14.8. The van der Waals surface area contributed by atoms with Gasteiger partial charge in [-0.15, -0.1) is 0 Å². The highest BCUT2D eigenvalue weighted by Gasteiger charge is 2.41. The van der Waals surface area contributed by atoms with Crippen molar-refractivity contribution in [1.82, 2.24) is 0 Å². The smallest absolute Gasteiger partial charge is 0.327 e. The van der Waals surface area contributed by atoms with E-state index in [-0.39, 0.29) is 19.4 Å². The van der Waals surface area contributed by atoms with Crippen LogP contribution in [0.5, 0.6) is 0 Å². The summed E-state index contributed by atoms with van der Waals surface area (Å²) in [5, 5.41) is 0. The maximum atomic E-state index is 12.8. The minimum absolute atomic E-state index is 0.0339. The molecule has 0 fully saturated rings. The van der Waals surface area contributed by atoms with Crippen LogP contribution in [0.1, 0.15) is 66.4 Å². The van der Waals surface area contributed by atoms with E-state index in [4.69, 9.17) is 25.7 Å². The molecule has 0 saturated heterocycles. The van der Waals surface area contributed by atoms with E-state index in [2.05, 4.69) is 0 Å². The third-order valence-electron chi connectivity index (χ3n) is 4.11. The Labute approximate surface area is 184 Å². The van der Waals surface area contributed by atoms with E-state index >= 15 is 0 Å². The molecule has 0 aliphatic heterocycles. The van der Waals surface area contributed by atoms with Crippen LogP contribution in [0.15, 0.2) is 30.3 Å².